The molecule has 0 bridgehead atoms. The molecule has 31 heavy (non-hydrogen) atoms. The summed E-state index contributed by atoms with van der Waals surface area (Å²) in [6.45, 7) is 4.36. The minimum absolute atomic E-state index is 0.181. The van der Waals surface area contributed by atoms with Gasteiger partial charge in [-0.3, -0.25) is 9.78 Å². The number of nitrogens with zero attached hydrogens (tertiary/aromatic N) is 2. The van der Waals surface area contributed by atoms with Crippen LogP contribution in [0.1, 0.15) is 30.6 Å². The fourth-order valence-electron chi connectivity index (χ4n) is 3.44. The van der Waals surface area contributed by atoms with Gasteiger partial charge in [-0.1, -0.05) is 29.8 Å². The number of hydrogen-bond acceptors (Lipinski definition) is 5. The van der Waals surface area contributed by atoms with E-state index in [1.807, 2.05) is 56.3 Å². The average Bonchev–Trinajstić information content (AvgIpc) is 2.72. The Bertz CT molecular complexity index is 1270. The normalized spacial score (nSPS) is 11.6. The Labute approximate surface area is 185 Å². The topological polar surface area (TPSA) is 92.9 Å². The number of carbonyl (C=O) groups excluding carboxylic acids is 1. The van der Waals surface area contributed by atoms with Crippen LogP contribution in [0, 0.1) is 0 Å². The van der Waals surface area contributed by atoms with E-state index in [2.05, 4.69) is 15.6 Å². The van der Waals surface area contributed by atoms with Crippen molar-refractivity contribution in [1.82, 2.24) is 15.3 Å². The molecule has 0 spiro atoms. The summed E-state index contributed by atoms with van der Waals surface area (Å²) in [7, 11) is 0. The summed E-state index contributed by atoms with van der Waals surface area (Å²) in [5.41, 5.74) is 7.61. The van der Waals surface area contributed by atoms with Crippen molar-refractivity contribution in [3.05, 3.63) is 71.5 Å². The number of carbonyl (C=O) groups is 1. The summed E-state index contributed by atoms with van der Waals surface area (Å²) in [5, 5.41) is 9.61. The quantitative estimate of drug-likeness (QED) is 0.370. The van der Waals surface area contributed by atoms with E-state index in [1.54, 1.807) is 18.5 Å². The van der Waals surface area contributed by atoms with E-state index < -0.39 is 0 Å². The molecule has 4 aromatic rings. The first-order chi connectivity index (χ1) is 14.8. The SMILES string of the molecule is CC(C)(N)CCNC(=O)c1cccc2c1nc(Nc1cccc(Cl)c1)c1ccncc12. The third kappa shape index (κ3) is 4.76. The summed E-state index contributed by atoms with van der Waals surface area (Å²) in [5.74, 6) is 0.454. The highest BCUT2D eigenvalue weighted by Gasteiger charge is 2.17. The van der Waals surface area contributed by atoms with Crippen LogP contribution in [0.5, 0.6) is 0 Å². The Kier molecular flexibility index (Phi) is 5.76. The van der Waals surface area contributed by atoms with Gasteiger partial charge in [0.25, 0.3) is 5.91 Å². The highest BCUT2D eigenvalue weighted by atomic mass is 35.5. The van der Waals surface area contributed by atoms with Crippen LogP contribution in [-0.2, 0) is 0 Å². The largest absolute Gasteiger partial charge is 0.352 e. The second-order valence-corrected chi connectivity index (χ2v) is 8.65. The Morgan fingerprint density at radius 2 is 1.90 bits per heavy atom. The monoisotopic (exact) mass is 433 g/mol. The van der Waals surface area contributed by atoms with Gasteiger partial charge in [0.15, 0.2) is 0 Å². The number of nitrogens with one attached hydrogen (secondary N) is 2. The molecular formula is C24H24ClN5O. The Morgan fingerprint density at radius 3 is 2.68 bits per heavy atom. The molecule has 0 atom stereocenters. The predicted molar refractivity (Wildman–Crippen MR) is 127 cm³/mol. The lowest BCUT2D eigenvalue weighted by Crippen LogP contribution is -2.37. The minimum Gasteiger partial charge on any atom is -0.352 e. The number of fused-ring (bicyclic) bond motifs is 3. The molecule has 0 fully saturated rings. The van der Waals surface area contributed by atoms with E-state index >= 15 is 0 Å². The molecule has 7 heteroatoms. The van der Waals surface area contributed by atoms with E-state index in [-0.39, 0.29) is 11.4 Å². The number of para-hydroxylation sites is 1. The number of nitrogens with two attached hydrogens (primary N) is 1. The molecule has 6 nitrogen and oxygen atoms in total. The van der Waals surface area contributed by atoms with Gasteiger partial charge in [0, 0.05) is 51.3 Å². The van der Waals surface area contributed by atoms with Crippen LogP contribution in [-0.4, -0.2) is 28.0 Å². The number of hydrogen-bond donors (Lipinski definition) is 3. The number of aromatic nitrogens is 2. The highest BCUT2D eigenvalue weighted by molar-refractivity contribution is 6.30. The van der Waals surface area contributed by atoms with E-state index in [0.29, 0.717) is 34.9 Å². The second kappa shape index (κ2) is 8.49. The van der Waals surface area contributed by atoms with Gasteiger partial charge in [-0.25, -0.2) is 4.98 Å². The average molecular weight is 434 g/mol. The van der Waals surface area contributed by atoms with E-state index in [4.69, 9.17) is 22.3 Å². The van der Waals surface area contributed by atoms with Crippen LogP contribution in [0.25, 0.3) is 21.7 Å². The van der Waals surface area contributed by atoms with Crippen LogP contribution in [0.2, 0.25) is 5.02 Å². The molecule has 0 saturated carbocycles. The van der Waals surface area contributed by atoms with Crippen LogP contribution in [0.4, 0.5) is 11.5 Å². The molecule has 0 saturated heterocycles. The van der Waals surface area contributed by atoms with E-state index in [1.165, 1.54) is 0 Å². The highest BCUT2D eigenvalue weighted by Crippen LogP contribution is 2.32. The summed E-state index contributed by atoms with van der Waals surface area (Å²) >= 11 is 6.14. The molecular weight excluding hydrogens is 410 g/mol. The molecule has 158 valence electrons. The Hall–Kier alpha value is -3.22. The number of rotatable bonds is 6. The Balaban J connectivity index is 1.79. The van der Waals surface area contributed by atoms with Crippen LogP contribution < -0.4 is 16.4 Å². The fourth-order valence-corrected chi connectivity index (χ4v) is 3.63. The molecule has 2 heterocycles. The minimum atomic E-state index is -0.347. The summed E-state index contributed by atoms with van der Waals surface area (Å²) < 4.78 is 0. The molecule has 0 radical (unpaired) electrons. The number of pyridine rings is 2. The zero-order valence-corrected chi connectivity index (χ0v) is 18.2. The van der Waals surface area contributed by atoms with Crippen molar-refractivity contribution in [1.29, 1.82) is 0 Å². The zero-order chi connectivity index (χ0) is 22.0. The van der Waals surface area contributed by atoms with Crippen molar-refractivity contribution < 1.29 is 4.79 Å². The van der Waals surface area contributed by atoms with Crippen molar-refractivity contribution >= 4 is 50.7 Å². The number of halogens is 1. The molecule has 0 aliphatic rings. The number of amides is 1. The van der Waals surface area contributed by atoms with E-state index in [9.17, 15) is 4.79 Å². The Morgan fingerprint density at radius 1 is 1.10 bits per heavy atom. The summed E-state index contributed by atoms with van der Waals surface area (Å²) in [4.78, 5) is 22.1. The summed E-state index contributed by atoms with van der Waals surface area (Å²) in [6.07, 6.45) is 4.19. The standard InChI is InChI=1S/C24H24ClN5O/c1-24(2,26)10-12-28-23(31)19-8-4-7-17-20-14-27-11-9-18(20)22(30-21(17)19)29-16-6-3-5-15(25)13-16/h3-9,11,13-14H,10,12,26H2,1-2H3,(H,28,31)(H,29,30). The number of anilines is 2. The molecule has 4 rings (SSSR count). The number of benzene rings is 2. The summed E-state index contributed by atoms with van der Waals surface area (Å²) in [6, 6.07) is 14.9. The molecule has 0 aliphatic carbocycles. The van der Waals surface area contributed by atoms with Crippen molar-refractivity contribution in [2.24, 2.45) is 5.73 Å². The first kappa shape index (κ1) is 21.0. The van der Waals surface area contributed by atoms with Crippen molar-refractivity contribution in [3.63, 3.8) is 0 Å². The third-order valence-corrected chi connectivity index (χ3v) is 5.25. The van der Waals surface area contributed by atoms with Crippen molar-refractivity contribution in [2.45, 2.75) is 25.8 Å². The second-order valence-electron chi connectivity index (χ2n) is 8.21. The lowest BCUT2D eigenvalue weighted by Gasteiger charge is -2.18. The van der Waals surface area contributed by atoms with Gasteiger partial charge in [-0.15, -0.1) is 0 Å². The van der Waals surface area contributed by atoms with Crippen LogP contribution >= 0.6 is 11.6 Å². The van der Waals surface area contributed by atoms with Crippen molar-refractivity contribution in [3.8, 4) is 0 Å². The van der Waals surface area contributed by atoms with Gasteiger partial charge in [-0.05, 0) is 50.6 Å². The first-order valence-corrected chi connectivity index (χ1v) is 10.5. The van der Waals surface area contributed by atoms with Crippen LogP contribution in [0.15, 0.2) is 60.9 Å². The maximum absolute atomic E-state index is 12.9. The maximum atomic E-state index is 12.9. The van der Waals surface area contributed by atoms with Gasteiger partial charge in [-0.2, -0.15) is 0 Å². The fraction of sp³-hybridized carbons (Fsp3) is 0.208. The lowest BCUT2D eigenvalue weighted by atomic mass is 10.0. The van der Waals surface area contributed by atoms with Gasteiger partial charge in [0.2, 0.25) is 0 Å². The van der Waals surface area contributed by atoms with Gasteiger partial charge < -0.3 is 16.4 Å². The zero-order valence-electron chi connectivity index (χ0n) is 17.4. The van der Waals surface area contributed by atoms with Crippen LogP contribution in [0.3, 0.4) is 0 Å². The molecule has 2 aromatic heterocycles. The van der Waals surface area contributed by atoms with Gasteiger partial charge in [0.1, 0.15) is 5.82 Å². The lowest BCUT2D eigenvalue weighted by molar-refractivity contribution is 0.0953. The molecule has 1 amide bonds. The van der Waals surface area contributed by atoms with E-state index in [0.717, 1.165) is 21.8 Å². The molecule has 4 N–H and O–H groups in total. The van der Waals surface area contributed by atoms with Crippen molar-refractivity contribution in [2.75, 3.05) is 11.9 Å². The van der Waals surface area contributed by atoms with Gasteiger partial charge >= 0.3 is 0 Å². The predicted octanol–water partition coefficient (Wildman–Crippen LogP) is 5.04. The first-order valence-electron chi connectivity index (χ1n) is 10.1. The smallest absolute Gasteiger partial charge is 0.253 e. The van der Waals surface area contributed by atoms with Gasteiger partial charge in [0.05, 0.1) is 11.1 Å². The molecule has 2 aromatic carbocycles. The third-order valence-electron chi connectivity index (χ3n) is 5.01. The maximum Gasteiger partial charge on any atom is 0.253 e. The molecule has 0 unspecified atom stereocenters. The molecule has 0 aliphatic heterocycles.